The quantitative estimate of drug-likeness (QED) is 0.476. The predicted octanol–water partition coefficient (Wildman–Crippen LogP) is 4.84. The van der Waals surface area contributed by atoms with Crippen molar-refractivity contribution in [3.8, 4) is 11.5 Å². The molecule has 144 valence electrons. The minimum atomic E-state index is -0.424. The lowest BCUT2D eigenvalue weighted by Gasteiger charge is -2.08. The van der Waals surface area contributed by atoms with Crippen molar-refractivity contribution in [3.63, 3.8) is 0 Å². The zero-order valence-electron chi connectivity index (χ0n) is 15.3. The summed E-state index contributed by atoms with van der Waals surface area (Å²) in [5.74, 6) is 0.390. The highest BCUT2D eigenvalue weighted by Crippen LogP contribution is 2.37. The molecular weight excluding hydrogens is 378 g/mol. The fourth-order valence-electron chi connectivity index (χ4n) is 2.93. The smallest absolute Gasteiger partial charge is 0.341 e. The van der Waals surface area contributed by atoms with Gasteiger partial charge < -0.3 is 19.5 Å². The van der Waals surface area contributed by atoms with Crippen LogP contribution in [0.3, 0.4) is 0 Å². The number of amides is 1. The third-order valence-corrected chi connectivity index (χ3v) is 5.48. The first-order valence-corrected chi connectivity index (χ1v) is 9.88. The van der Waals surface area contributed by atoms with Gasteiger partial charge in [-0.1, -0.05) is 31.5 Å². The zero-order chi connectivity index (χ0) is 19.5. The number of benzene rings is 2. The lowest BCUT2D eigenvalue weighted by molar-refractivity contribution is 0.0503. The molecule has 3 aromatic rings. The molecule has 1 amide bonds. The molecule has 0 atom stereocenters. The first-order chi connectivity index (χ1) is 13.7. The highest BCUT2D eigenvalue weighted by atomic mass is 32.1. The van der Waals surface area contributed by atoms with Gasteiger partial charge in [-0.05, 0) is 30.7 Å². The molecule has 0 saturated heterocycles. The summed E-state index contributed by atoms with van der Waals surface area (Å²) in [6, 6.07) is 12.5. The molecule has 0 aliphatic carbocycles. The predicted molar refractivity (Wildman–Crippen MR) is 108 cm³/mol. The first-order valence-electron chi connectivity index (χ1n) is 9.07. The number of unbranched alkanes of at least 4 members (excludes halogenated alkanes) is 1. The molecule has 1 aliphatic heterocycles. The highest BCUT2D eigenvalue weighted by Gasteiger charge is 2.23. The van der Waals surface area contributed by atoms with Crippen LogP contribution in [0.1, 0.15) is 40.5 Å². The maximum absolute atomic E-state index is 12.8. The van der Waals surface area contributed by atoms with Crippen LogP contribution in [0.15, 0.2) is 42.5 Å². The molecule has 1 aliphatic rings. The van der Waals surface area contributed by atoms with E-state index in [9.17, 15) is 9.59 Å². The fraction of sp³-hybridized carbons (Fsp3) is 0.238. The summed E-state index contributed by atoms with van der Waals surface area (Å²) in [5, 5.41) is 4.11. The van der Waals surface area contributed by atoms with Gasteiger partial charge in [0.1, 0.15) is 10.6 Å². The van der Waals surface area contributed by atoms with Crippen molar-refractivity contribution in [2.24, 2.45) is 0 Å². The van der Waals surface area contributed by atoms with E-state index in [1.54, 1.807) is 18.2 Å². The average molecular weight is 397 g/mol. The molecule has 2 aromatic carbocycles. The number of ether oxygens (including phenoxy) is 3. The van der Waals surface area contributed by atoms with E-state index >= 15 is 0 Å². The van der Waals surface area contributed by atoms with E-state index < -0.39 is 5.97 Å². The van der Waals surface area contributed by atoms with Crippen LogP contribution in [-0.2, 0) is 4.74 Å². The Morgan fingerprint density at radius 3 is 2.82 bits per heavy atom. The molecule has 0 spiro atoms. The van der Waals surface area contributed by atoms with Crippen LogP contribution in [0.25, 0.3) is 10.1 Å². The number of carbonyl (C=O) groups excluding carboxylic acids is 2. The maximum atomic E-state index is 12.8. The first kappa shape index (κ1) is 18.3. The summed E-state index contributed by atoms with van der Waals surface area (Å²) in [7, 11) is 0. The highest BCUT2D eigenvalue weighted by molar-refractivity contribution is 7.23. The van der Waals surface area contributed by atoms with Crippen LogP contribution in [0.4, 0.5) is 5.00 Å². The number of rotatable bonds is 6. The molecule has 2 heterocycles. The van der Waals surface area contributed by atoms with Crippen molar-refractivity contribution in [2.45, 2.75) is 19.8 Å². The number of hydrogen-bond donors (Lipinski definition) is 1. The van der Waals surface area contributed by atoms with Crippen LogP contribution in [0.5, 0.6) is 11.5 Å². The maximum Gasteiger partial charge on any atom is 0.341 e. The Balaban J connectivity index is 1.63. The number of carbonyl (C=O) groups is 2. The Hall–Kier alpha value is -3.06. The topological polar surface area (TPSA) is 73.9 Å². The van der Waals surface area contributed by atoms with Crippen LogP contribution < -0.4 is 14.8 Å². The van der Waals surface area contributed by atoms with Crippen LogP contribution in [-0.4, -0.2) is 25.3 Å². The normalized spacial score (nSPS) is 12.2. The molecule has 4 rings (SSSR count). The molecule has 0 radical (unpaired) electrons. The number of thiophene rings is 1. The number of nitrogens with one attached hydrogen (secondary N) is 1. The monoisotopic (exact) mass is 397 g/mol. The van der Waals surface area contributed by atoms with Crippen molar-refractivity contribution >= 4 is 38.3 Å². The molecular formula is C21H19NO5S. The minimum Gasteiger partial charge on any atom is -0.462 e. The average Bonchev–Trinajstić information content (AvgIpc) is 3.31. The molecule has 0 fully saturated rings. The fourth-order valence-corrected chi connectivity index (χ4v) is 4.02. The number of esters is 1. The summed E-state index contributed by atoms with van der Waals surface area (Å²) in [6.45, 7) is 2.53. The summed E-state index contributed by atoms with van der Waals surface area (Å²) in [6.07, 6.45) is 1.73. The van der Waals surface area contributed by atoms with E-state index in [-0.39, 0.29) is 12.7 Å². The lowest BCUT2D eigenvalue weighted by Crippen LogP contribution is -2.14. The molecule has 1 N–H and O–H groups in total. The van der Waals surface area contributed by atoms with E-state index in [1.807, 2.05) is 31.2 Å². The van der Waals surface area contributed by atoms with Crippen LogP contribution in [0.2, 0.25) is 0 Å². The third kappa shape index (κ3) is 3.53. The Bertz CT molecular complexity index is 1040. The summed E-state index contributed by atoms with van der Waals surface area (Å²) in [5.41, 5.74) is 0.817. The van der Waals surface area contributed by atoms with Crippen molar-refractivity contribution in [1.82, 2.24) is 0 Å². The van der Waals surface area contributed by atoms with E-state index in [2.05, 4.69) is 5.32 Å². The van der Waals surface area contributed by atoms with E-state index in [0.29, 0.717) is 34.2 Å². The zero-order valence-corrected chi connectivity index (χ0v) is 16.1. The van der Waals surface area contributed by atoms with Crippen LogP contribution >= 0.6 is 11.3 Å². The van der Waals surface area contributed by atoms with Crippen molar-refractivity contribution in [1.29, 1.82) is 0 Å². The minimum absolute atomic E-state index is 0.143. The molecule has 0 bridgehead atoms. The van der Waals surface area contributed by atoms with Crippen LogP contribution in [0, 0.1) is 0 Å². The number of hydrogen-bond acceptors (Lipinski definition) is 6. The van der Waals surface area contributed by atoms with Gasteiger partial charge in [0.25, 0.3) is 5.91 Å². The largest absolute Gasteiger partial charge is 0.462 e. The van der Waals surface area contributed by atoms with Crippen molar-refractivity contribution in [2.75, 3.05) is 18.7 Å². The Labute approximate surface area is 166 Å². The molecule has 28 heavy (non-hydrogen) atoms. The molecule has 0 saturated carbocycles. The van der Waals surface area contributed by atoms with Crippen molar-refractivity contribution < 1.29 is 23.8 Å². The van der Waals surface area contributed by atoms with E-state index in [1.165, 1.54) is 11.3 Å². The SMILES string of the molecule is CCCCOC(=O)c1c(NC(=O)c2ccc3c(c2)OCO3)sc2ccccc12. The van der Waals surface area contributed by atoms with Gasteiger partial charge in [-0.3, -0.25) is 4.79 Å². The van der Waals surface area contributed by atoms with E-state index in [4.69, 9.17) is 14.2 Å². The Morgan fingerprint density at radius 1 is 1.14 bits per heavy atom. The Kier molecular flexibility index (Phi) is 5.16. The second-order valence-electron chi connectivity index (χ2n) is 6.31. The summed E-state index contributed by atoms with van der Waals surface area (Å²) < 4.78 is 16.9. The van der Waals surface area contributed by atoms with Gasteiger partial charge in [-0.15, -0.1) is 11.3 Å². The second kappa shape index (κ2) is 7.90. The van der Waals surface area contributed by atoms with Gasteiger partial charge in [0.05, 0.1) is 6.61 Å². The lowest BCUT2D eigenvalue weighted by atomic mass is 10.1. The number of fused-ring (bicyclic) bond motifs is 2. The van der Waals surface area contributed by atoms with Gasteiger partial charge in [0, 0.05) is 15.6 Å². The van der Waals surface area contributed by atoms with Gasteiger partial charge in [0.15, 0.2) is 11.5 Å². The van der Waals surface area contributed by atoms with Gasteiger partial charge >= 0.3 is 5.97 Å². The number of anilines is 1. The van der Waals surface area contributed by atoms with Gasteiger partial charge in [-0.25, -0.2) is 4.79 Å². The van der Waals surface area contributed by atoms with E-state index in [0.717, 1.165) is 22.9 Å². The van der Waals surface area contributed by atoms with Gasteiger partial charge in [-0.2, -0.15) is 0 Å². The summed E-state index contributed by atoms with van der Waals surface area (Å²) in [4.78, 5) is 25.5. The molecule has 7 heteroatoms. The van der Waals surface area contributed by atoms with Gasteiger partial charge in [0.2, 0.25) is 6.79 Å². The second-order valence-corrected chi connectivity index (χ2v) is 7.37. The Morgan fingerprint density at radius 2 is 1.96 bits per heavy atom. The summed E-state index contributed by atoms with van der Waals surface area (Å²) >= 11 is 1.35. The molecule has 1 aromatic heterocycles. The molecule has 0 unspecified atom stereocenters. The molecule has 6 nitrogen and oxygen atoms in total. The third-order valence-electron chi connectivity index (χ3n) is 4.39. The standard InChI is InChI=1S/C21H19NO5S/c1-2-3-10-25-21(24)18-14-6-4-5-7-17(14)28-20(18)22-19(23)13-8-9-15-16(11-13)27-12-26-15/h4-9,11H,2-3,10,12H2,1H3,(H,22,23). The van der Waals surface area contributed by atoms with Crippen molar-refractivity contribution in [3.05, 3.63) is 53.6 Å².